The molecular weight excluding hydrogens is 928 g/mol. The summed E-state index contributed by atoms with van der Waals surface area (Å²) in [5.74, 6) is -1.75. The lowest BCUT2D eigenvalue weighted by Crippen LogP contribution is -2.30. The highest BCUT2D eigenvalue weighted by molar-refractivity contribution is 7.47. The fraction of sp³-hybridized carbons (Fsp3) is 0.517. The smallest absolute Gasteiger partial charge is 0.462 e. The molecule has 0 aliphatic rings. The Labute approximate surface area is 434 Å². The van der Waals surface area contributed by atoms with Crippen molar-refractivity contribution in [3.8, 4) is 0 Å². The van der Waals surface area contributed by atoms with Crippen molar-refractivity contribution in [2.24, 2.45) is 0 Å². The third-order valence-electron chi connectivity index (χ3n) is 9.96. The Kier molecular flexibility index (Phi) is 48.9. The zero-order valence-corrected chi connectivity index (χ0v) is 45.0. The minimum absolute atomic E-state index is 0.0887. The van der Waals surface area contributed by atoms with E-state index < -0.39 is 64.4 Å². The Balaban J connectivity index is 5.00. The van der Waals surface area contributed by atoms with Gasteiger partial charge >= 0.3 is 25.7 Å². The van der Waals surface area contributed by atoms with Crippen LogP contribution in [0.15, 0.2) is 158 Å². The first kappa shape index (κ1) is 67.1. The van der Waals surface area contributed by atoms with Crippen molar-refractivity contribution < 1.29 is 52.2 Å². The lowest BCUT2D eigenvalue weighted by molar-refractivity contribution is -0.160. The number of phosphoric ester groups is 1. The second-order valence-corrected chi connectivity index (χ2v) is 18.0. The molecule has 0 aromatic heterocycles. The molecule has 0 radical (unpaired) electrons. The molecule has 0 aromatic rings. The maximum absolute atomic E-state index is 12.9. The molecule has 0 saturated heterocycles. The van der Waals surface area contributed by atoms with Crippen molar-refractivity contribution in [2.75, 3.05) is 26.4 Å². The molecule has 72 heavy (non-hydrogen) atoms. The molecule has 0 aliphatic heterocycles. The predicted octanol–water partition coefficient (Wildman–Crippen LogP) is 15.4. The van der Waals surface area contributed by atoms with E-state index in [9.17, 15) is 28.9 Å². The Morgan fingerprint density at radius 3 is 1.17 bits per heavy atom. The fourth-order valence-corrected chi connectivity index (χ4v) is 6.85. The van der Waals surface area contributed by atoms with Crippen LogP contribution in [0.1, 0.15) is 162 Å². The maximum Gasteiger partial charge on any atom is 0.472 e. The first-order chi connectivity index (χ1) is 35.2. The van der Waals surface area contributed by atoms with E-state index in [1.807, 2.05) is 30.4 Å². The summed E-state index contributed by atoms with van der Waals surface area (Å²) in [5.41, 5.74) is 0. The van der Waals surface area contributed by atoms with Crippen LogP contribution in [0.3, 0.4) is 0 Å². The van der Waals surface area contributed by atoms with Gasteiger partial charge in [0, 0.05) is 12.8 Å². The first-order valence-corrected chi connectivity index (χ1v) is 27.9. The Morgan fingerprint density at radius 1 is 0.403 bits per heavy atom. The van der Waals surface area contributed by atoms with Gasteiger partial charge in [-0.2, -0.15) is 0 Å². The van der Waals surface area contributed by atoms with E-state index in [2.05, 4.69) is 142 Å². The van der Waals surface area contributed by atoms with Gasteiger partial charge in [-0.05, 0) is 116 Å². The highest BCUT2D eigenvalue weighted by atomic mass is 31.2. The minimum Gasteiger partial charge on any atom is -0.462 e. The summed E-state index contributed by atoms with van der Waals surface area (Å²) in [6.45, 7) is 4.04. The summed E-state index contributed by atoms with van der Waals surface area (Å²) >= 11 is 0. The summed E-state index contributed by atoms with van der Waals surface area (Å²) in [5, 5.41) is 9.78. The maximum atomic E-state index is 12.9. The number of unbranched alkanes of at least 4 members (excludes halogenated alkanes) is 4. The van der Waals surface area contributed by atoms with Gasteiger partial charge in [0.2, 0.25) is 0 Å². The standard InChI is InChI=1S/C60H91O11P/c1-4-7-10-13-16-19-22-25-27-28-30-32-34-37-40-43-46-49-58(62)67-53-57(71-60(64)51-48-45-42-39-36-33-29-26-23-20-17-14-11-8-5-2)55-69-72(65,66)68-54-56(52-61)70-59(63)50-47-44-41-38-35-31-24-21-18-15-12-9-6-3/h7-12,16-21,25-27,29-32,35-37,39-40,45,48,56-57,61H,4-6,13-15,22-24,28,33-34,38,41-44,46-47,49-55H2,1-3H3,(H,65,66)/b10-7-,11-8-,12-9-,19-16-,20-17-,21-18-,27-25-,29-26-,32-30-,35-31-,39-36-,40-37-,48-45-. The molecule has 402 valence electrons. The number of allylic oxidation sites excluding steroid dienone is 25. The van der Waals surface area contributed by atoms with Gasteiger partial charge in [-0.15, -0.1) is 0 Å². The minimum atomic E-state index is -4.80. The molecule has 11 nitrogen and oxygen atoms in total. The van der Waals surface area contributed by atoms with E-state index >= 15 is 0 Å². The van der Waals surface area contributed by atoms with Gasteiger partial charge < -0.3 is 24.2 Å². The van der Waals surface area contributed by atoms with Crippen LogP contribution in [0.25, 0.3) is 0 Å². The molecule has 0 fully saturated rings. The van der Waals surface area contributed by atoms with Gasteiger partial charge in [-0.1, -0.05) is 185 Å². The van der Waals surface area contributed by atoms with Gasteiger partial charge in [-0.3, -0.25) is 23.4 Å². The van der Waals surface area contributed by atoms with Gasteiger partial charge in [-0.25, -0.2) is 4.57 Å². The zero-order chi connectivity index (χ0) is 52.7. The quantitative estimate of drug-likeness (QED) is 0.0197. The van der Waals surface area contributed by atoms with E-state index in [4.69, 9.17) is 23.3 Å². The predicted molar refractivity (Wildman–Crippen MR) is 297 cm³/mol. The van der Waals surface area contributed by atoms with E-state index in [1.165, 1.54) is 0 Å². The summed E-state index contributed by atoms with van der Waals surface area (Å²) in [7, 11) is -4.80. The molecule has 0 saturated carbocycles. The lowest BCUT2D eigenvalue weighted by atomic mass is 10.1. The van der Waals surface area contributed by atoms with Crippen molar-refractivity contribution in [1.82, 2.24) is 0 Å². The number of carbonyl (C=O) groups excluding carboxylic acids is 3. The molecule has 0 bridgehead atoms. The van der Waals surface area contributed by atoms with Gasteiger partial charge in [0.05, 0.1) is 26.2 Å². The second-order valence-electron chi connectivity index (χ2n) is 16.6. The van der Waals surface area contributed by atoms with Crippen molar-refractivity contribution in [2.45, 2.75) is 174 Å². The Hall–Kier alpha value is -4.90. The monoisotopic (exact) mass is 1020 g/mol. The zero-order valence-electron chi connectivity index (χ0n) is 44.1. The Bertz CT molecular complexity index is 1810. The van der Waals surface area contributed by atoms with Crippen LogP contribution in [0, 0.1) is 0 Å². The molecule has 3 unspecified atom stereocenters. The average Bonchev–Trinajstić information content (AvgIpc) is 3.37. The van der Waals surface area contributed by atoms with E-state index in [0.29, 0.717) is 25.7 Å². The topological polar surface area (TPSA) is 155 Å². The molecule has 3 atom stereocenters. The van der Waals surface area contributed by atoms with Crippen LogP contribution in [0.5, 0.6) is 0 Å². The molecule has 0 aliphatic carbocycles. The van der Waals surface area contributed by atoms with Gasteiger partial charge in [0.1, 0.15) is 12.7 Å². The fourth-order valence-electron chi connectivity index (χ4n) is 6.07. The SMILES string of the molecule is CC/C=C\C/C=C\C/C=C\C/C=C\C/C=C\CCCC(=O)OCC(COP(=O)(O)OCC(CO)OC(=O)CCCCC/C=C\C/C=C\C/C=C\CC)OC(=O)C/C=C\C/C=C\C/C=C\C/C=C\C/C=C\CC. The number of esters is 3. The van der Waals surface area contributed by atoms with Crippen molar-refractivity contribution in [1.29, 1.82) is 0 Å². The number of aliphatic hydroxyl groups excluding tert-OH is 1. The number of hydrogen-bond donors (Lipinski definition) is 2. The van der Waals surface area contributed by atoms with E-state index in [0.717, 1.165) is 96.3 Å². The molecule has 0 rings (SSSR count). The highest BCUT2D eigenvalue weighted by Gasteiger charge is 2.28. The van der Waals surface area contributed by atoms with Crippen molar-refractivity contribution in [3.05, 3.63) is 158 Å². The summed E-state index contributed by atoms with van der Waals surface area (Å²) in [6, 6.07) is 0. The number of phosphoric acid groups is 1. The Morgan fingerprint density at radius 2 is 0.750 bits per heavy atom. The van der Waals surface area contributed by atoms with Crippen LogP contribution < -0.4 is 0 Å². The van der Waals surface area contributed by atoms with Gasteiger partial charge in [0.25, 0.3) is 0 Å². The number of aliphatic hydroxyl groups is 1. The average molecular weight is 1020 g/mol. The molecule has 2 N–H and O–H groups in total. The normalized spacial score (nSPS) is 14.7. The summed E-state index contributed by atoms with van der Waals surface area (Å²) in [6.07, 6.45) is 68.3. The number of rotatable bonds is 46. The number of hydrogen-bond acceptors (Lipinski definition) is 10. The van der Waals surface area contributed by atoms with Crippen LogP contribution in [0.2, 0.25) is 0 Å². The first-order valence-electron chi connectivity index (χ1n) is 26.4. The molecule has 0 amide bonds. The molecule has 0 aromatic carbocycles. The largest absolute Gasteiger partial charge is 0.472 e. The van der Waals surface area contributed by atoms with Crippen LogP contribution >= 0.6 is 7.82 Å². The van der Waals surface area contributed by atoms with E-state index in [1.54, 1.807) is 6.08 Å². The van der Waals surface area contributed by atoms with Crippen molar-refractivity contribution >= 4 is 25.7 Å². The second kappa shape index (κ2) is 52.4. The summed E-state index contributed by atoms with van der Waals surface area (Å²) < 4.78 is 39.2. The third kappa shape index (κ3) is 50.1. The third-order valence-corrected chi connectivity index (χ3v) is 10.9. The molecule has 12 heteroatoms. The molecule has 0 spiro atoms. The van der Waals surface area contributed by atoms with Crippen LogP contribution in [-0.4, -0.2) is 66.5 Å². The number of carbonyl (C=O) groups is 3. The van der Waals surface area contributed by atoms with Crippen LogP contribution in [0.4, 0.5) is 0 Å². The van der Waals surface area contributed by atoms with Crippen LogP contribution in [-0.2, 0) is 42.2 Å². The molecular formula is C60H91O11P. The summed E-state index contributed by atoms with van der Waals surface area (Å²) in [4.78, 5) is 48.3. The molecule has 0 heterocycles. The lowest BCUT2D eigenvalue weighted by Gasteiger charge is -2.21. The highest BCUT2D eigenvalue weighted by Crippen LogP contribution is 2.43. The van der Waals surface area contributed by atoms with E-state index in [-0.39, 0.29) is 19.3 Å². The number of ether oxygens (including phenoxy) is 3. The van der Waals surface area contributed by atoms with Gasteiger partial charge in [0.15, 0.2) is 6.10 Å². The van der Waals surface area contributed by atoms with Crippen molar-refractivity contribution in [3.63, 3.8) is 0 Å².